The summed E-state index contributed by atoms with van der Waals surface area (Å²) < 4.78 is 2.46. The van der Waals surface area contributed by atoms with Crippen molar-refractivity contribution < 1.29 is 4.79 Å². The van der Waals surface area contributed by atoms with Crippen molar-refractivity contribution >= 4 is 35.4 Å². The van der Waals surface area contributed by atoms with Gasteiger partial charge in [0.1, 0.15) is 5.82 Å². The van der Waals surface area contributed by atoms with Crippen molar-refractivity contribution in [2.24, 2.45) is 0 Å². The van der Waals surface area contributed by atoms with Gasteiger partial charge in [-0.25, -0.2) is 0 Å². The van der Waals surface area contributed by atoms with Crippen LogP contribution in [0.4, 0.5) is 5.69 Å². The molecule has 0 unspecified atom stereocenters. The number of anilines is 1. The molecule has 0 atom stereocenters. The minimum Gasteiger partial charge on any atom is -0.326 e. The van der Waals surface area contributed by atoms with Crippen LogP contribution in [-0.2, 0) is 17.8 Å². The van der Waals surface area contributed by atoms with Gasteiger partial charge < -0.3 is 9.88 Å². The molecule has 0 saturated heterocycles. The minimum atomic E-state index is -0.0773. The summed E-state index contributed by atoms with van der Waals surface area (Å²) >= 11 is 11.1. The predicted molar refractivity (Wildman–Crippen MR) is 86.2 cm³/mol. The smallest absolute Gasteiger partial charge is 0.224 e. The molecule has 0 aliphatic rings. The van der Waals surface area contributed by atoms with Crippen LogP contribution in [0, 0.1) is 11.7 Å². The fourth-order valence-electron chi connectivity index (χ4n) is 1.99. The largest absolute Gasteiger partial charge is 0.326 e. The Balaban J connectivity index is 1.95. The van der Waals surface area contributed by atoms with Gasteiger partial charge in [-0.05, 0) is 43.8 Å². The molecule has 0 saturated carbocycles. The summed E-state index contributed by atoms with van der Waals surface area (Å²) in [6.45, 7) is 4.64. The second-order valence-electron chi connectivity index (χ2n) is 4.70. The van der Waals surface area contributed by atoms with Gasteiger partial charge in [0, 0.05) is 30.1 Å². The van der Waals surface area contributed by atoms with E-state index in [9.17, 15) is 4.79 Å². The Morgan fingerprint density at radius 3 is 2.95 bits per heavy atom. The molecule has 0 bridgehead atoms. The molecule has 1 amide bonds. The lowest BCUT2D eigenvalue weighted by Crippen LogP contribution is -2.14. The quantitative estimate of drug-likeness (QED) is 0.827. The summed E-state index contributed by atoms with van der Waals surface area (Å²) in [5, 5.41) is 10.3. The van der Waals surface area contributed by atoms with Gasteiger partial charge in [0.2, 0.25) is 5.91 Å². The van der Waals surface area contributed by atoms with E-state index in [-0.39, 0.29) is 5.91 Å². The number of benzene rings is 1. The molecule has 21 heavy (non-hydrogen) atoms. The second-order valence-corrected chi connectivity index (χ2v) is 5.50. The highest BCUT2D eigenvalue weighted by molar-refractivity contribution is 7.71. The Kier molecular flexibility index (Phi) is 5.14. The van der Waals surface area contributed by atoms with Crippen LogP contribution in [0.1, 0.15) is 24.7 Å². The first-order valence-corrected chi connectivity index (χ1v) is 7.50. The first kappa shape index (κ1) is 15.7. The average Bonchev–Trinajstić information content (AvgIpc) is 2.81. The molecule has 2 N–H and O–H groups in total. The molecule has 112 valence electrons. The van der Waals surface area contributed by atoms with Crippen molar-refractivity contribution in [1.82, 2.24) is 14.8 Å². The summed E-state index contributed by atoms with van der Waals surface area (Å²) in [5.41, 5.74) is 1.68. The van der Waals surface area contributed by atoms with E-state index in [0.29, 0.717) is 28.3 Å². The fraction of sp³-hybridized carbons (Fsp3) is 0.357. The standard InChI is InChI=1S/C14H17ClN4OS/c1-3-19-12(17-18-14(19)21)6-7-13(20)16-10-5-4-9(2)11(15)8-10/h4-5,8H,3,6-7H2,1-2H3,(H,16,20)(H,18,21). The lowest BCUT2D eigenvalue weighted by molar-refractivity contribution is -0.116. The minimum absolute atomic E-state index is 0.0773. The van der Waals surface area contributed by atoms with Gasteiger partial charge >= 0.3 is 0 Å². The number of hydrogen-bond donors (Lipinski definition) is 2. The van der Waals surface area contributed by atoms with E-state index in [0.717, 1.165) is 17.9 Å². The molecule has 1 aromatic carbocycles. The maximum atomic E-state index is 12.0. The number of rotatable bonds is 5. The fourth-order valence-corrected chi connectivity index (χ4v) is 2.45. The van der Waals surface area contributed by atoms with Crippen LogP contribution in [0.5, 0.6) is 0 Å². The first-order valence-electron chi connectivity index (χ1n) is 6.71. The number of nitrogens with one attached hydrogen (secondary N) is 2. The molecule has 2 rings (SSSR count). The number of carbonyl (C=O) groups is 1. The zero-order valence-electron chi connectivity index (χ0n) is 11.9. The van der Waals surface area contributed by atoms with Gasteiger partial charge in [0.25, 0.3) is 0 Å². The molecular weight excluding hydrogens is 308 g/mol. The zero-order chi connectivity index (χ0) is 15.4. The molecule has 1 aromatic heterocycles. The number of H-pyrrole nitrogens is 1. The second kappa shape index (κ2) is 6.87. The van der Waals surface area contributed by atoms with Crippen molar-refractivity contribution in [3.63, 3.8) is 0 Å². The van der Waals surface area contributed by atoms with E-state index in [1.54, 1.807) is 6.07 Å². The van der Waals surface area contributed by atoms with Gasteiger partial charge in [-0.3, -0.25) is 9.89 Å². The average molecular weight is 325 g/mol. The molecule has 0 spiro atoms. The monoisotopic (exact) mass is 324 g/mol. The van der Waals surface area contributed by atoms with Crippen LogP contribution in [0.2, 0.25) is 5.02 Å². The molecule has 1 heterocycles. The van der Waals surface area contributed by atoms with Gasteiger partial charge in [-0.15, -0.1) is 0 Å². The number of nitrogens with zero attached hydrogens (tertiary/aromatic N) is 2. The Morgan fingerprint density at radius 2 is 2.29 bits per heavy atom. The number of carbonyl (C=O) groups excluding carboxylic acids is 1. The summed E-state index contributed by atoms with van der Waals surface area (Å²) in [5.74, 6) is 0.714. The summed E-state index contributed by atoms with van der Waals surface area (Å²) in [7, 11) is 0. The van der Waals surface area contributed by atoms with E-state index < -0.39 is 0 Å². The lowest BCUT2D eigenvalue weighted by Gasteiger charge is -2.07. The summed E-state index contributed by atoms with van der Waals surface area (Å²) in [6.07, 6.45) is 0.873. The van der Waals surface area contributed by atoms with Crippen molar-refractivity contribution in [2.45, 2.75) is 33.2 Å². The number of aromatic amines is 1. The number of aromatic nitrogens is 3. The van der Waals surface area contributed by atoms with Gasteiger partial charge in [0.05, 0.1) is 0 Å². The highest BCUT2D eigenvalue weighted by Crippen LogP contribution is 2.20. The maximum absolute atomic E-state index is 12.0. The van der Waals surface area contributed by atoms with Crippen molar-refractivity contribution in [3.8, 4) is 0 Å². The van der Waals surface area contributed by atoms with Crippen LogP contribution in [-0.4, -0.2) is 20.7 Å². The molecule has 0 aliphatic heterocycles. The number of hydrogen-bond acceptors (Lipinski definition) is 3. The highest BCUT2D eigenvalue weighted by atomic mass is 35.5. The number of aryl methyl sites for hydroxylation is 2. The van der Waals surface area contributed by atoms with Crippen LogP contribution in [0.25, 0.3) is 0 Å². The van der Waals surface area contributed by atoms with Crippen molar-refractivity contribution in [1.29, 1.82) is 0 Å². The molecule has 0 radical (unpaired) electrons. The molecule has 0 fully saturated rings. The SMILES string of the molecule is CCn1c(CCC(=O)Nc2ccc(C)c(Cl)c2)n[nH]c1=S. The first-order chi connectivity index (χ1) is 10.0. The molecule has 0 aliphatic carbocycles. The van der Waals surface area contributed by atoms with Crippen molar-refractivity contribution in [2.75, 3.05) is 5.32 Å². The summed E-state index contributed by atoms with van der Waals surface area (Å²) in [6, 6.07) is 5.46. The van der Waals surface area contributed by atoms with Crippen LogP contribution < -0.4 is 5.32 Å². The van der Waals surface area contributed by atoms with E-state index in [4.69, 9.17) is 23.8 Å². The molecule has 7 heteroatoms. The van der Waals surface area contributed by atoms with Crippen LogP contribution in [0.3, 0.4) is 0 Å². The highest BCUT2D eigenvalue weighted by Gasteiger charge is 2.09. The molecular formula is C14H17ClN4OS. The normalized spacial score (nSPS) is 10.6. The summed E-state index contributed by atoms with van der Waals surface area (Å²) in [4.78, 5) is 12.0. The van der Waals surface area contributed by atoms with Crippen LogP contribution in [0.15, 0.2) is 18.2 Å². The van der Waals surface area contributed by atoms with E-state index in [1.807, 2.05) is 30.5 Å². The Hall–Kier alpha value is -1.66. The third kappa shape index (κ3) is 3.92. The van der Waals surface area contributed by atoms with Gasteiger partial charge in [-0.1, -0.05) is 17.7 Å². The topological polar surface area (TPSA) is 62.7 Å². The number of amides is 1. The van der Waals surface area contributed by atoms with Gasteiger partial charge in [-0.2, -0.15) is 5.10 Å². The maximum Gasteiger partial charge on any atom is 0.224 e. The van der Waals surface area contributed by atoms with E-state index in [1.165, 1.54) is 0 Å². The third-order valence-corrected chi connectivity index (χ3v) is 3.90. The van der Waals surface area contributed by atoms with Crippen molar-refractivity contribution in [3.05, 3.63) is 39.4 Å². The lowest BCUT2D eigenvalue weighted by atomic mass is 10.2. The van der Waals surface area contributed by atoms with Crippen LogP contribution >= 0.6 is 23.8 Å². The van der Waals surface area contributed by atoms with E-state index in [2.05, 4.69) is 15.5 Å². The molecule has 5 nitrogen and oxygen atoms in total. The zero-order valence-corrected chi connectivity index (χ0v) is 13.5. The van der Waals surface area contributed by atoms with E-state index >= 15 is 0 Å². The molecule has 2 aromatic rings. The van der Waals surface area contributed by atoms with Gasteiger partial charge in [0.15, 0.2) is 4.77 Å². The Labute approximate surface area is 133 Å². The number of halogens is 1. The Morgan fingerprint density at radius 1 is 1.52 bits per heavy atom. The third-order valence-electron chi connectivity index (χ3n) is 3.18. The Bertz CT molecular complexity index is 707. The predicted octanol–water partition coefficient (Wildman–Crippen LogP) is 3.49.